The second-order valence-corrected chi connectivity index (χ2v) is 6.45. The number of hydrogen-bond donors (Lipinski definition) is 0. The predicted octanol–water partition coefficient (Wildman–Crippen LogP) is 4.49. The molecular formula is C18H17F2NOS. The van der Waals surface area contributed by atoms with E-state index in [1.54, 1.807) is 11.0 Å². The Hall–Kier alpha value is -1.88. The number of carbonyl (C=O) groups is 1. The lowest BCUT2D eigenvalue weighted by atomic mass is 10.1. The first-order valence-electron chi connectivity index (χ1n) is 7.48. The molecule has 0 unspecified atom stereocenters. The maximum Gasteiger partial charge on any atom is 0.255 e. The van der Waals surface area contributed by atoms with Gasteiger partial charge < -0.3 is 4.90 Å². The minimum Gasteiger partial charge on any atom is -0.331 e. The average molecular weight is 333 g/mol. The van der Waals surface area contributed by atoms with Crippen molar-refractivity contribution in [3.8, 4) is 0 Å². The Bertz CT molecular complexity index is 731. The SMILES string of the molecule is CSc1ccccc1C(=O)N(Cc1ccc(F)cc1F)C1CC1. The van der Waals surface area contributed by atoms with Gasteiger partial charge in [0.1, 0.15) is 11.6 Å². The molecule has 5 heteroatoms. The number of hydrogen-bond acceptors (Lipinski definition) is 2. The zero-order chi connectivity index (χ0) is 16.4. The highest BCUT2D eigenvalue weighted by Crippen LogP contribution is 2.32. The zero-order valence-electron chi connectivity index (χ0n) is 12.8. The van der Waals surface area contributed by atoms with Crippen molar-refractivity contribution in [3.63, 3.8) is 0 Å². The molecule has 0 aliphatic heterocycles. The van der Waals surface area contributed by atoms with E-state index in [4.69, 9.17) is 0 Å². The summed E-state index contributed by atoms with van der Waals surface area (Å²) in [6.45, 7) is 0.165. The third-order valence-corrected chi connectivity index (χ3v) is 4.74. The first kappa shape index (κ1) is 16.0. The number of nitrogens with zero attached hydrogens (tertiary/aromatic N) is 1. The molecule has 0 atom stereocenters. The Balaban J connectivity index is 1.88. The zero-order valence-corrected chi connectivity index (χ0v) is 13.6. The van der Waals surface area contributed by atoms with Crippen LogP contribution in [-0.2, 0) is 6.54 Å². The van der Waals surface area contributed by atoms with Crippen LogP contribution in [0.2, 0.25) is 0 Å². The molecule has 0 bridgehead atoms. The summed E-state index contributed by atoms with van der Waals surface area (Å²) >= 11 is 1.51. The van der Waals surface area contributed by atoms with Gasteiger partial charge in [0.05, 0.1) is 5.56 Å². The molecule has 0 radical (unpaired) electrons. The summed E-state index contributed by atoms with van der Waals surface area (Å²) in [5, 5.41) is 0. The molecule has 2 aromatic rings. The molecule has 0 heterocycles. The molecule has 1 aliphatic rings. The second kappa shape index (κ2) is 6.71. The van der Waals surface area contributed by atoms with Crippen LogP contribution in [0.25, 0.3) is 0 Å². The summed E-state index contributed by atoms with van der Waals surface area (Å²) in [6.07, 6.45) is 3.78. The van der Waals surface area contributed by atoms with Gasteiger partial charge in [0.15, 0.2) is 0 Å². The molecule has 0 saturated heterocycles. The van der Waals surface area contributed by atoms with Crippen LogP contribution < -0.4 is 0 Å². The maximum absolute atomic E-state index is 13.9. The van der Waals surface area contributed by atoms with Crippen molar-refractivity contribution in [2.45, 2.75) is 30.3 Å². The van der Waals surface area contributed by atoms with Crippen LogP contribution in [0.3, 0.4) is 0 Å². The van der Waals surface area contributed by atoms with E-state index in [0.29, 0.717) is 11.1 Å². The van der Waals surface area contributed by atoms with E-state index in [2.05, 4.69) is 0 Å². The average Bonchev–Trinajstić information content (AvgIpc) is 3.38. The molecule has 3 rings (SSSR count). The molecular weight excluding hydrogens is 316 g/mol. The lowest BCUT2D eigenvalue weighted by Gasteiger charge is -2.24. The Morgan fingerprint density at radius 1 is 1.22 bits per heavy atom. The van der Waals surface area contributed by atoms with E-state index >= 15 is 0 Å². The van der Waals surface area contributed by atoms with E-state index in [1.165, 1.54) is 23.9 Å². The van der Waals surface area contributed by atoms with Crippen LogP contribution >= 0.6 is 11.8 Å². The molecule has 23 heavy (non-hydrogen) atoms. The number of amides is 1. The standard InChI is InChI=1S/C18H17F2NOS/c1-23-17-5-3-2-4-15(17)18(22)21(14-8-9-14)11-12-6-7-13(19)10-16(12)20/h2-7,10,14H,8-9,11H2,1H3. The summed E-state index contributed by atoms with van der Waals surface area (Å²) < 4.78 is 27.0. The minimum atomic E-state index is -0.610. The highest BCUT2D eigenvalue weighted by atomic mass is 32.2. The van der Waals surface area contributed by atoms with Gasteiger partial charge in [0.2, 0.25) is 0 Å². The molecule has 1 saturated carbocycles. The molecule has 2 aromatic carbocycles. The Morgan fingerprint density at radius 2 is 1.96 bits per heavy atom. The quantitative estimate of drug-likeness (QED) is 0.751. The molecule has 1 aliphatic carbocycles. The summed E-state index contributed by atoms with van der Waals surface area (Å²) in [5.41, 5.74) is 0.975. The fourth-order valence-corrected chi connectivity index (χ4v) is 3.15. The van der Waals surface area contributed by atoms with Crippen molar-refractivity contribution in [1.29, 1.82) is 0 Å². The second-order valence-electron chi connectivity index (χ2n) is 5.60. The Labute approximate surface area is 138 Å². The van der Waals surface area contributed by atoms with Crippen molar-refractivity contribution < 1.29 is 13.6 Å². The third-order valence-electron chi connectivity index (χ3n) is 3.94. The van der Waals surface area contributed by atoms with Crippen molar-refractivity contribution >= 4 is 17.7 Å². The smallest absolute Gasteiger partial charge is 0.255 e. The van der Waals surface area contributed by atoms with E-state index in [0.717, 1.165) is 23.8 Å². The van der Waals surface area contributed by atoms with Gasteiger partial charge in [-0.15, -0.1) is 11.8 Å². The van der Waals surface area contributed by atoms with Gasteiger partial charge in [-0.05, 0) is 37.3 Å². The highest BCUT2D eigenvalue weighted by molar-refractivity contribution is 7.98. The fraction of sp³-hybridized carbons (Fsp3) is 0.278. The summed E-state index contributed by atoms with van der Waals surface area (Å²) in [5.74, 6) is -1.31. The maximum atomic E-state index is 13.9. The summed E-state index contributed by atoms with van der Waals surface area (Å²) in [4.78, 5) is 15.5. The minimum absolute atomic E-state index is 0.0961. The van der Waals surface area contributed by atoms with Crippen LogP contribution in [0.5, 0.6) is 0 Å². The highest BCUT2D eigenvalue weighted by Gasteiger charge is 2.34. The van der Waals surface area contributed by atoms with Gasteiger partial charge in [-0.25, -0.2) is 8.78 Å². The van der Waals surface area contributed by atoms with Crippen molar-refractivity contribution in [2.24, 2.45) is 0 Å². The summed E-state index contributed by atoms with van der Waals surface area (Å²) in [6, 6.07) is 11.1. The van der Waals surface area contributed by atoms with E-state index in [1.807, 2.05) is 24.5 Å². The molecule has 2 nitrogen and oxygen atoms in total. The molecule has 1 amide bonds. The van der Waals surface area contributed by atoms with Gasteiger partial charge in [-0.1, -0.05) is 18.2 Å². The van der Waals surface area contributed by atoms with E-state index in [9.17, 15) is 13.6 Å². The lowest BCUT2D eigenvalue weighted by Crippen LogP contribution is -2.33. The monoisotopic (exact) mass is 333 g/mol. The molecule has 0 spiro atoms. The van der Waals surface area contributed by atoms with Gasteiger partial charge >= 0.3 is 0 Å². The first-order chi connectivity index (χ1) is 11.1. The third kappa shape index (κ3) is 3.55. The number of carbonyl (C=O) groups excluding carboxylic acids is 1. The molecule has 0 aromatic heterocycles. The van der Waals surface area contributed by atoms with Gasteiger partial charge in [0, 0.05) is 29.1 Å². The Morgan fingerprint density at radius 3 is 2.61 bits per heavy atom. The van der Waals surface area contributed by atoms with Gasteiger partial charge in [-0.2, -0.15) is 0 Å². The first-order valence-corrected chi connectivity index (χ1v) is 8.70. The normalized spacial score (nSPS) is 13.9. The van der Waals surface area contributed by atoms with E-state index in [-0.39, 0.29) is 18.5 Å². The summed E-state index contributed by atoms with van der Waals surface area (Å²) in [7, 11) is 0. The van der Waals surface area contributed by atoms with Crippen LogP contribution in [0, 0.1) is 11.6 Å². The molecule has 1 fully saturated rings. The van der Waals surface area contributed by atoms with Crippen LogP contribution in [0.15, 0.2) is 47.4 Å². The van der Waals surface area contributed by atoms with Crippen LogP contribution in [0.1, 0.15) is 28.8 Å². The Kier molecular flexibility index (Phi) is 4.66. The van der Waals surface area contributed by atoms with Gasteiger partial charge in [-0.3, -0.25) is 4.79 Å². The number of rotatable bonds is 5. The fourth-order valence-electron chi connectivity index (χ4n) is 2.56. The van der Waals surface area contributed by atoms with Crippen molar-refractivity contribution in [3.05, 3.63) is 65.2 Å². The number of benzene rings is 2. The molecule has 0 N–H and O–H groups in total. The largest absolute Gasteiger partial charge is 0.331 e. The molecule has 120 valence electrons. The van der Waals surface area contributed by atoms with Crippen LogP contribution in [0.4, 0.5) is 8.78 Å². The van der Waals surface area contributed by atoms with Gasteiger partial charge in [0.25, 0.3) is 5.91 Å². The number of thioether (sulfide) groups is 1. The topological polar surface area (TPSA) is 20.3 Å². The van der Waals surface area contributed by atoms with E-state index < -0.39 is 11.6 Å². The predicted molar refractivity (Wildman–Crippen MR) is 87.5 cm³/mol. The number of halogens is 2. The van der Waals surface area contributed by atoms with Crippen molar-refractivity contribution in [1.82, 2.24) is 4.90 Å². The lowest BCUT2D eigenvalue weighted by molar-refractivity contribution is 0.0724. The van der Waals surface area contributed by atoms with Crippen LogP contribution in [-0.4, -0.2) is 23.1 Å². The van der Waals surface area contributed by atoms with Crippen molar-refractivity contribution in [2.75, 3.05) is 6.26 Å².